The Bertz CT molecular complexity index is 524. The SMILES string of the molecule is CC(NC1CC2CC1C1CCCC21)c1cc(O)cc(O)c1. The summed E-state index contributed by atoms with van der Waals surface area (Å²) < 4.78 is 0. The minimum Gasteiger partial charge on any atom is -0.508 e. The van der Waals surface area contributed by atoms with Crippen molar-refractivity contribution in [2.75, 3.05) is 0 Å². The highest BCUT2D eigenvalue weighted by atomic mass is 16.3. The summed E-state index contributed by atoms with van der Waals surface area (Å²) in [7, 11) is 0. The number of rotatable bonds is 3. The zero-order valence-corrected chi connectivity index (χ0v) is 12.6. The van der Waals surface area contributed by atoms with Gasteiger partial charge in [-0.3, -0.25) is 0 Å². The molecule has 3 aliphatic carbocycles. The van der Waals surface area contributed by atoms with E-state index in [1.54, 1.807) is 12.1 Å². The first-order valence-electron chi connectivity index (χ1n) is 8.41. The van der Waals surface area contributed by atoms with Gasteiger partial charge in [-0.1, -0.05) is 6.42 Å². The van der Waals surface area contributed by atoms with Crippen molar-refractivity contribution in [1.29, 1.82) is 0 Å². The molecule has 114 valence electrons. The molecule has 0 aliphatic heterocycles. The van der Waals surface area contributed by atoms with Crippen molar-refractivity contribution in [3.05, 3.63) is 23.8 Å². The minimum absolute atomic E-state index is 0.141. The van der Waals surface area contributed by atoms with Crippen LogP contribution in [0.3, 0.4) is 0 Å². The Morgan fingerprint density at radius 2 is 1.71 bits per heavy atom. The van der Waals surface area contributed by atoms with Crippen molar-refractivity contribution in [2.45, 2.75) is 51.1 Å². The first-order chi connectivity index (χ1) is 10.1. The van der Waals surface area contributed by atoms with Crippen molar-refractivity contribution in [3.8, 4) is 11.5 Å². The van der Waals surface area contributed by atoms with Crippen molar-refractivity contribution in [3.63, 3.8) is 0 Å². The highest BCUT2D eigenvalue weighted by molar-refractivity contribution is 5.38. The molecule has 3 aliphatic rings. The number of phenols is 2. The Hall–Kier alpha value is -1.22. The van der Waals surface area contributed by atoms with Crippen LogP contribution in [-0.2, 0) is 0 Å². The summed E-state index contributed by atoms with van der Waals surface area (Å²) in [6.45, 7) is 2.13. The standard InChI is InChI=1S/C18H25NO2/c1-10(11-5-13(20)9-14(21)6-11)19-18-8-12-7-17(18)16-4-2-3-15(12)16/h5-6,9-10,12,15-21H,2-4,7-8H2,1H3. The number of fused-ring (bicyclic) bond motifs is 5. The van der Waals surface area contributed by atoms with E-state index in [9.17, 15) is 10.2 Å². The average Bonchev–Trinajstić information content (AvgIpc) is 3.09. The number of hydrogen-bond donors (Lipinski definition) is 3. The van der Waals surface area contributed by atoms with E-state index >= 15 is 0 Å². The molecule has 0 saturated heterocycles. The van der Waals surface area contributed by atoms with Gasteiger partial charge in [-0.25, -0.2) is 0 Å². The minimum atomic E-state index is 0.141. The summed E-state index contributed by atoms with van der Waals surface area (Å²) in [5.74, 6) is 4.07. The van der Waals surface area contributed by atoms with Crippen molar-refractivity contribution in [1.82, 2.24) is 5.32 Å². The summed E-state index contributed by atoms with van der Waals surface area (Å²) >= 11 is 0. The maximum atomic E-state index is 9.64. The van der Waals surface area contributed by atoms with E-state index in [1.807, 2.05) is 0 Å². The first kappa shape index (κ1) is 13.4. The van der Waals surface area contributed by atoms with Crippen LogP contribution >= 0.6 is 0 Å². The summed E-state index contributed by atoms with van der Waals surface area (Å²) in [6.07, 6.45) is 7.08. The second kappa shape index (κ2) is 4.91. The second-order valence-electron chi connectivity index (χ2n) is 7.43. The van der Waals surface area contributed by atoms with Gasteiger partial charge in [-0.15, -0.1) is 0 Å². The molecule has 0 radical (unpaired) electrons. The quantitative estimate of drug-likeness (QED) is 0.796. The van der Waals surface area contributed by atoms with Gasteiger partial charge < -0.3 is 15.5 Å². The molecule has 3 saturated carbocycles. The van der Waals surface area contributed by atoms with Gasteiger partial charge in [0.05, 0.1) is 0 Å². The van der Waals surface area contributed by atoms with Crippen LogP contribution in [0, 0.1) is 23.7 Å². The number of hydrogen-bond acceptors (Lipinski definition) is 3. The van der Waals surface area contributed by atoms with E-state index < -0.39 is 0 Å². The predicted octanol–water partition coefficient (Wildman–Crippen LogP) is 3.57. The van der Waals surface area contributed by atoms with E-state index in [4.69, 9.17) is 0 Å². The molecule has 6 unspecified atom stereocenters. The lowest BCUT2D eigenvalue weighted by Gasteiger charge is -2.34. The summed E-state index contributed by atoms with van der Waals surface area (Å²) in [6, 6.07) is 5.68. The molecule has 0 amide bonds. The molecule has 3 heteroatoms. The molecule has 21 heavy (non-hydrogen) atoms. The first-order valence-corrected chi connectivity index (χ1v) is 8.41. The summed E-state index contributed by atoms with van der Waals surface area (Å²) in [5.41, 5.74) is 0.971. The highest BCUT2D eigenvalue weighted by Gasteiger charge is 2.53. The van der Waals surface area contributed by atoms with E-state index in [2.05, 4.69) is 12.2 Å². The van der Waals surface area contributed by atoms with Crippen LogP contribution < -0.4 is 5.32 Å². The van der Waals surface area contributed by atoms with Gasteiger partial charge in [0.1, 0.15) is 11.5 Å². The molecular formula is C18H25NO2. The molecule has 4 rings (SSSR count). The van der Waals surface area contributed by atoms with Crippen LogP contribution in [-0.4, -0.2) is 16.3 Å². The van der Waals surface area contributed by atoms with Gasteiger partial charge in [0, 0.05) is 18.2 Å². The molecule has 2 bridgehead atoms. The molecule has 3 N–H and O–H groups in total. The molecule has 1 aromatic carbocycles. The zero-order valence-electron chi connectivity index (χ0n) is 12.6. The highest BCUT2D eigenvalue weighted by Crippen LogP contribution is 2.58. The van der Waals surface area contributed by atoms with Crippen LogP contribution in [0.25, 0.3) is 0 Å². The fourth-order valence-corrected chi connectivity index (χ4v) is 5.55. The third kappa shape index (κ3) is 2.22. The van der Waals surface area contributed by atoms with Crippen molar-refractivity contribution < 1.29 is 10.2 Å². The molecular weight excluding hydrogens is 262 g/mol. The molecule has 3 nitrogen and oxygen atoms in total. The van der Waals surface area contributed by atoms with Crippen LogP contribution in [0.15, 0.2) is 18.2 Å². The Morgan fingerprint density at radius 1 is 1.00 bits per heavy atom. The lowest BCUT2D eigenvalue weighted by atomic mass is 9.79. The van der Waals surface area contributed by atoms with Gasteiger partial charge >= 0.3 is 0 Å². The van der Waals surface area contributed by atoms with Crippen molar-refractivity contribution in [2.24, 2.45) is 23.7 Å². The molecule has 1 aromatic rings. The molecule has 0 spiro atoms. The van der Waals surface area contributed by atoms with E-state index in [0.717, 1.165) is 29.2 Å². The van der Waals surface area contributed by atoms with Gasteiger partial charge in [0.2, 0.25) is 0 Å². The Kier molecular flexibility index (Phi) is 3.14. The van der Waals surface area contributed by atoms with E-state index in [0.29, 0.717) is 6.04 Å². The summed E-state index contributed by atoms with van der Waals surface area (Å²) in [5, 5.41) is 23.1. The van der Waals surface area contributed by atoms with Crippen LogP contribution in [0.4, 0.5) is 0 Å². The fourth-order valence-electron chi connectivity index (χ4n) is 5.55. The van der Waals surface area contributed by atoms with Crippen LogP contribution in [0.5, 0.6) is 11.5 Å². The topological polar surface area (TPSA) is 52.5 Å². The van der Waals surface area contributed by atoms with Gasteiger partial charge in [0.25, 0.3) is 0 Å². The summed E-state index contributed by atoms with van der Waals surface area (Å²) in [4.78, 5) is 0. The van der Waals surface area contributed by atoms with E-state index in [1.165, 1.54) is 38.2 Å². The monoisotopic (exact) mass is 287 g/mol. The predicted molar refractivity (Wildman–Crippen MR) is 82.2 cm³/mol. The lowest BCUT2D eigenvalue weighted by Crippen LogP contribution is -2.40. The zero-order chi connectivity index (χ0) is 14.6. The Labute approximate surface area is 126 Å². The lowest BCUT2D eigenvalue weighted by molar-refractivity contribution is 0.200. The van der Waals surface area contributed by atoms with Gasteiger partial charge in [-0.05, 0) is 74.0 Å². The van der Waals surface area contributed by atoms with Crippen LogP contribution in [0.1, 0.15) is 50.6 Å². The van der Waals surface area contributed by atoms with Gasteiger partial charge in [0.15, 0.2) is 0 Å². The molecule has 6 atom stereocenters. The Morgan fingerprint density at radius 3 is 2.48 bits per heavy atom. The largest absolute Gasteiger partial charge is 0.508 e. The van der Waals surface area contributed by atoms with Gasteiger partial charge in [-0.2, -0.15) is 0 Å². The third-order valence-corrected chi connectivity index (χ3v) is 6.32. The maximum absolute atomic E-state index is 9.64. The third-order valence-electron chi connectivity index (χ3n) is 6.32. The number of nitrogens with one attached hydrogen (secondary N) is 1. The van der Waals surface area contributed by atoms with Crippen molar-refractivity contribution >= 4 is 0 Å². The smallest absolute Gasteiger partial charge is 0.119 e. The molecule has 0 heterocycles. The molecule has 0 aromatic heterocycles. The second-order valence-corrected chi connectivity index (χ2v) is 7.43. The van der Waals surface area contributed by atoms with Crippen LogP contribution in [0.2, 0.25) is 0 Å². The maximum Gasteiger partial charge on any atom is 0.119 e. The average molecular weight is 287 g/mol. The number of phenolic OH excluding ortho intramolecular Hbond substituents is 2. The fraction of sp³-hybridized carbons (Fsp3) is 0.667. The number of benzene rings is 1. The normalized spacial score (nSPS) is 38.6. The molecule has 3 fully saturated rings. The van der Waals surface area contributed by atoms with E-state index in [-0.39, 0.29) is 17.5 Å². The Balaban J connectivity index is 1.47. The number of aromatic hydroxyl groups is 2.